The summed E-state index contributed by atoms with van der Waals surface area (Å²) < 4.78 is 42.5. The Bertz CT molecular complexity index is 359. The topological polar surface area (TPSA) is 64.6 Å². The molecule has 0 unspecified atom stereocenters. The number of hydrogen-bond donors (Lipinski definition) is 0. The second-order valence-corrected chi connectivity index (χ2v) is 15.0. The van der Waals surface area contributed by atoms with Crippen LogP contribution in [0.15, 0.2) is 0 Å². The van der Waals surface area contributed by atoms with Gasteiger partial charge in [0.25, 0.3) is 0 Å². The molecule has 0 aromatic heterocycles. The van der Waals surface area contributed by atoms with Crippen LogP contribution in [-0.4, -0.2) is 59.4 Å². The zero-order chi connectivity index (χ0) is 20.5. The molecular weight excluding hydrogens is 388 g/mol. The SMILES string of the molecule is CO[Si](OC(C)C)(OC(C)C)O[Si](O[SiH2]C(C)C)(OC(C)C)OC(C)C. The van der Waals surface area contributed by atoms with E-state index in [1.54, 1.807) is 0 Å². The van der Waals surface area contributed by atoms with Crippen LogP contribution in [0, 0.1) is 0 Å². The van der Waals surface area contributed by atoms with Gasteiger partial charge in [0.05, 0.1) is 0 Å². The summed E-state index contributed by atoms with van der Waals surface area (Å²) in [6.45, 7) is 19.6. The highest BCUT2D eigenvalue weighted by atomic mass is 28.5. The quantitative estimate of drug-likeness (QED) is 0.394. The van der Waals surface area contributed by atoms with E-state index < -0.39 is 27.9 Å². The van der Waals surface area contributed by atoms with Gasteiger partial charge in [-0.2, -0.15) is 0 Å². The second kappa shape index (κ2) is 12.0. The Hall–Kier alpha value is 0.371. The average molecular weight is 429 g/mol. The molecule has 158 valence electrons. The smallest absolute Gasteiger partial charge is 0.400 e. The highest BCUT2D eigenvalue weighted by molar-refractivity contribution is 6.71. The van der Waals surface area contributed by atoms with Gasteiger partial charge in [-0.3, -0.25) is 0 Å². The van der Waals surface area contributed by atoms with Gasteiger partial charge in [0.15, 0.2) is 9.76 Å². The lowest BCUT2D eigenvalue weighted by atomic mass is 10.5. The highest BCUT2D eigenvalue weighted by Crippen LogP contribution is 2.26. The molecule has 0 N–H and O–H groups in total. The second-order valence-electron chi connectivity index (χ2n) is 7.68. The third-order valence-corrected chi connectivity index (χ3v) is 10.9. The van der Waals surface area contributed by atoms with Gasteiger partial charge in [-0.05, 0) is 60.9 Å². The molecule has 0 aliphatic heterocycles. The fourth-order valence-electron chi connectivity index (χ4n) is 1.96. The van der Waals surface area contributed by atoms with E-state index in [1.807, 2.05) is 55.4 Å². The predicted molar refractivity (Wildman–Crippen MR) is 109 cm³/mol. The molecule has 0 aliphatic rings. The van der Waals surface area contributed by atoms with Crippen LogP contribution in [-0.2, 0) is 30.4 Å². The van der Waals surface area contributed by atoms with Crippen molar-refractivity contribution >= 4 is 27.9 Å². The molecule has 0 bridgehead atoms. The Balaban J connectivity index is 5.88. The Morgan fingerprint density at radius 1 is 0.577 bits per heavy atom. The van der Waals surface area contributed by atoms with E-state index >= 15 is 0 Å². The monoisotopic (exact) mass is 428 g/mol. The van der Waals surface area contributed by atoms with Gasteiger partial charge in [-0.25, -0.2) is 0 Å². The van der Waals surface area contributed by atoms with E-state index in [0.29, 0.717) is 5.54 Å². The van der Waals surface area contributed by atoms with E-state index in [0.717, 1.165) is 0 Å². The zero-order valence-corrected chi connectivity index (χ0v) is 21.9. The molecular formula is C16H40O7Si3. The Kier molecular flexibility index (Phi) is 12.2. The van der Waals surface area contributed by atoms with Crippen LogP contribution >= 0.6 is 0 Å². The Morgan fingerprint density at radius 3 is 1.19 bits per heavy atom. The third-order valence-electron chi connectivity index (χ3n) is 2.61. The molecule has 0 atom stereocenters. The van der Waals surface area contributed by atoms with Crippen LogP contribution in [0.3, 0.4) is 0 Å². The minimum Gasteiger partial charge on any atom is -0.400 e. The van der Waals surface area contributed by atoms with Crippen LogP contribution in [0.2, 0.25) is 5.54 Å². The van der Waals surface area contributed by atoms with Crippen molar-refractivity contribution in [3.8, 4) is 0 Å². The van der Waals surface area contributed by atoms with E-state index in [-0.39, 0.29) is 24.4 Å². The molecule has 7 nitrogen and oxygen atoms in total. The van der Waals surface area contributed by atoms with Crippen molar-refractivity contribution in [1.82, 2.24) is 0 Å². The van der Waals surface area contributed by atoms with E-state index in [4.69, 9.17) is 30.4 Å². The molecule has 0 radical (unpaired) electrons. The first-order chi connectivity index (χ1) is 11.9. The van der Waals surface area contributed by atoms with Crippen molar-refractivity contribution in [1.29, 1.82) is 0 Å². The number of hydrogen-bond acceptors (Lipinski definition) is 7. The summed E-state index contributed by atoms with van der Waals surface area (Å²) in [6.07, 6.45) is -0.563. The fraction of sp³-hybridized carbons (Fsp3) is 1.00. The predicted octanol–water partition coefficient (Wildman–Crippen LogP) is 3.15. The lowest BCUT2D eigenvalue weighted by Crippen LogP contribution is -2.64. The number of rotatable bonds is 14. The van der Waals surface area contributed by atoms with Crippen LogP contribution < -0.4 is 0 Å². The molecule has 0 spiro atoms. The molecule has 0 amide bonds. The standard InChI is InChI=1S/C16H40O7Si3/c1-12(2)18-25(17-11,19-13(3)4)23-26(20-14(5)6,21-15(7)8)22-24-16(9)10/h12-16H,24H2,1-11H3. The third kappa shape index (κ3) is 10.6. The molecule has 0 heterocycles. The van der Waals surface area contributed by atoms with Crippen molar-refractivity contribution < 1.29 is 30.4 Å². The summed E-state index contributed by atoms with van der Waals surface area (Å²) in [6, 6.07) is 0. The molecule has 10 heteroatoms. The van der Waals surface area contributed by atoms with Gasteiger partial charge in [0.2, 0.25) is 0 Å². The minimum absolute atomic E-state index is 0.136. The molecule has 0 fully saturated rings. The van der Waals surface area contributed by atoms with Crippen molar-refractivity contribution in [2.45, 2.75) is 99.2 Å². The van der Waals surface area contributed by atoms with Crippen LogP contribution in [0.4, 0.5) is 0 Å². The fourth-order valence-corrected chi connectivity index (χ4v) is 10.4. The maximum absolute atomic E-state index is 6.35. The van der Waals surface area contributed by atoms with Crippen LogP contribution in [0.1, 0.15) is 69.2 Å². The summed E-state index contributed by atoms with van der Waals surface area (Å²) >= 11 is 0. The maximum Gasteiger partial charge on any atom is 0.674 e. The lowest BCUT2D eigenvalue weighted by molar-refractivity contribution is -0.0752. The largest absolute Gasteiger partial charge is 0.674 e. The Labute approximate surface area is 164 Å². The zero-order valence-electron chi connectivity index (χ0n) is 18.5. The van der Waals surface area contributed by atoms with Gasteiger partial charge in [-0.1, -0.05) is 13.8 Å². The molecule has 26 heavy (non-hydrogen) atoms. The first-order valence-corrected chi connectivity index (χ1v) is 14.1. The molecule has 0 saturated heterocycles. The lowest BCUT2D eigenvalue weighted by Gasteiger charge is -2.38. The van der Waals surface area contributed by atoms with Crippen molar-refractivity contribution in [3.05, 3.63) is 0 Å². The first kappa shape index (κ1) is 26.4. The van der Waals surface area contributed by atoms with E-state index in [9.17, 15) is 0 Å². The minimum atomic E-state index is -3.53. The molecule has 0 saturated carbocycles. The van der Waals surface area contributed by atoms with Gasteiger partial charge in [-0.15, -0.1) is 0 Å². The summed E-state index contributed by atoms with van der Waals surface area (Å²) in [5.74, 6) is 0. The van der Waals surface area contributed by atoms with E-state index in [1.165, 1.54) is 7.11 Å². The van der Waals surface area contributed by atoms with Crippen molar-refractivity contribution in [2.75, 3.05) is 7.11 Å². The van der Waals surface area contributed by atoms with Gasteiger partial charge >= 0.3 is 18.1 Å². The maximum atomic E-state index is 6.35. The summed E-state index contributed by atoms with van der Waals surface area (Å²) in [7, 11) is -6.46. The van der Waals surface area contributed by atoms with Gasteiger partial charge < -0.3 is 30.4 Å². The summed E-state index contributed by atoms with van der Waals surface area (Å²) in [4.78, 5) is 0. The van der Waals surface area contributed by atoms with Crippen molar-refractivity contribution in [2.24, 2.45) is 0 Å². The summed E-state index contributed by atoms with van der Waals surface area (Å²) in [5.41, 5.74) is 0.424. The first-order valence-electron chi connectivity index (χ1n) is 9.45. The van der Waals surface area contributed by atoms with Crippen LogP contribution in [0.25, 0.3) is 0 Å². The van der Waals surface area contributed by atoms with Crippen molar-refractivity contribution in [3.63, 3.8) is 0 Å². The van der Waals surface area contributed by atoms with Crippen LogP contribution in [0.5, 0.6) is 0 Å². The molecule has 0 aromatic carbocycles. The molecule has 0 rings (SSSR count). The van der Waals surface area contributed by atoms with E-state index in [2.05, 4.69) is 13.8 Å². The molecule has 0 aromatic rings. The molecule has 0 aliphatic carbocycles. The van der Waals surface area contributed by atoms with Gasteiger partial charge in [0.1, 0.15) is 0 Å². The van der Waals surface area contributed by atoms with Gasteiger partial charge in [0, 0.05) is 31.5 Å². The normalized spacial score (nSPS) is 14.3. The average Bonchev–Trinajstić information content (AvgIpc) is 2.42. The highest BCUT2D eigenvalue weighted by Gasteiger charge is 2.60. The Morgan fingerprint density at radius 2 is 0.923 bits per heavy atom. The summed E-state index contributed by atoms with van der Waals surface area (Å²) in [5, 5.41) is 0.